The summed E-state index contributed by atoms with van der Waals surface area (Å²) in [4.78, 5) is 0. The summed E-state index contributed by atoms with van der Waals surface area (Å²) in [6.45, 7) is 0. The minimum absolute atomic E-state index is 0. The van der Waals surface area contributed by atoms with Gasteiger partial charge in [-0.2, -0.15) is 0 Å². The van der Waals surface area contributed by atoms with Crippen LogP contribution in [0, 0.1) is 38.2 Å². The molecule has 0 N–H and O–H groups in total. The second-order valence-electron chi connectivity index (χ2n) is 2.46. The molecule has 0 aliphatic rings. The Morgan fingerprint density at radius 3 is 0.191 bits per heavy atom. The van der Waals surface area contributed by atoms with Gasteiger partial charge in [-0.3, -0.25) is 0 Å². The standard InChI is InChI=1S/Bi.Dy.11Nb.33O.Ta/q2*+3;;;;;;;;;;;;;;;;;;;;;;;;;;;;;;;;;;11*-1;+5. The molecule has 273 valence electrons. The van der Waals surface area contributed by atoms with E-state index < -0.39 is 207 Å². The van der Waals surface area contributed by atoms with E-state index in [2.05, 4.69) is 0 Å². The van der Waals surface area contributed by atoms with Crippen LogP contribution in [-0.2, 0) is 301 Å². The van der Waals surface area contributed by atoms with Gasteiger partial charge in [0.2, 0.25) is 0 Å². The maximum absolute atomic E-state index is 8.60. The van der Waals surface area contributed by atoms with Gasteiger partial charge in [0.25, 0.3) is 0 Å². The Labute approximate surface area is 395 Å². The third-order valence-electron chi connectivity index (χ3n) is 0. The van der Waals surface area contributed by atoms with Crippen molar-refractivity contribution < 1.29 is 378 Å². The molecule has 0 spiro atoms. The fourth-order valence-electron chi connectivity index (χ4n) is 0. The Balaban J connectivity index is -0.0000000211. The van der Waals surface area contributed by atoms with E-state index >= 15 is 0 Å². The van der Waals surface area contributed by atoms with Crippen LogP contribution in [0.1, 0.15) is 0 Å². The molecule has 0 aromatic carbocycles. The molecule has 0 rings (SSSR count). The second-order valence-corrected chi connectivity index (χ2v) is 14.6. The second kappa shape index (κ2) is 89.1. The molecule has 47 heteroatoms. The van der Waals surface area contributed by atoms with Crippen LogP contribution in [0.4, 0.5) is 0 Å². The molecule has 0 aromatic rings. The van der Waals surface area contributed by atoms with Crippen molar-refractivity contribution in [3.05, 3.63) is 0 Å². The molecular weight excluding hydrogens is 2100 g/mol. The fraction of sp³-hybridized carbons (Fsp3) is 0. The van der Waals surface area contributed by atoms with Crippen LogP contribution in [0.15, 0.2) is 0 Å². The summed E-state index contributed by atoms with van der Waals surface area (Å²) in [5.41, 5.74) is 0. The first-order valence-electron chi connectivity index (χ1n) is 6.02. The van der Waals surface area contributed by atoms with E-state index in [0.717, 1.165) is 0 Å². The molecule has 0 atom stereocenters. The minimum Gasteiger partial charge on any atom is 5.00 e. The zero-order valence-corrected chi connectivity index (χ0v) is 52.5. The number of hydrogen-bond acceptors (Lipinski definition) is 33. The van der Waals surface area contributed by atoms with E-state index in [4.69, 9.17) is 111 Å². The van der Waals surface area contributed by atoms with Crippen molar-refractivity contribution in [1.29, 1.82) is 0 Å². The molecule has 0 saturated heterocycles. The third kappa shape index (κ3) is 3420. The van der Waals surface area contributed by atoms with Crippen molar-refractivity contribution >= 4 is 26.2 Å². The van der Waals surface area contributed by atoms with Crippen molar-refractivity contribution in [3.63, 3.8) is 0 Å². The predicted molar refractivity (Wildman–Crippen MR) is 20.9 cm³/mol. The van der Waals surface area contributed by atoms with E-state index in [1.807, 2.05) is 0 Å². The van der Waals surface area contributed by atoms with E-state index in [0.29, 0.717) is 0 Å². The van der Waals surface area contributed by atoms with Crippen molar-refractivity contribution in [2.75, 3.05) is 0 Å². The first-order chi connectivity index (χ1) is 19.1. The molecule has 3 radical (unpaired) electrons. The minimum atomic E-state index is -4.20. The average Bonchev–Trinajstić information content (AvgIpc) is 2.55. The van der Waals surface area contributed by atoms with Crippen LogP contribution in [0.25, 0.3) is 0 Å². The zero-order valence-electron chi connectivity index (χ0n) is 19.6. The Hall–Kier alpha value is 6.20. The van der Waals surface area contributed by atoms with E-state index in [1.54, 1.807) is 0 Å². The van der Waals surface area contributed by atoms with Crippen LogP contribution in [-0.4, -0.2) is 26.2 Å². The summed E-state index contributed by atoms with van der Waals surface area (Å²) in [5, 5.41) is 0. The van der Waals surface area contributed by atoms with Crippen molar-refractivity contribution in [1.82, 2.24) is 0 Å². The predicted octanol–water partition coefficient (Wildman–Crippen LogP) is -16.1. The first-order valence-corrected chi connectivity index (χ1v) is 35.6. The van der Waals surface area contributed by atoms with Gasteiger partial charge in [-0.15, -0.1) is 0 Å². The molecular formula is BiDyNb11O33Ta. The van der Waals surface area contributed by atoms with Crippen LogP contribution >= 0.6 is 0 Å². The third-order valence-corrected chi connectivity index (χ3v) is 0. The molecule has 33 nitrogen and oxygen atoms in total. The SMILES string of the molecule is [Bi+3].[Dy+3].[O]=[Nb](=[O])[O-].[O]=[Nb](=[O])[O-].[O]=[Nb](=[O])[O-].[O]=[Nb](=[O])[O-].[O]=[Nb](=[O])[O-].[O]=[Nb](=[O])[O-].[O]=[Nb](=[O])[O-].[O]=[Nb](=[O])[O-].[O]=[Nb](=[O])[O-].[O]=[Nb](=[O])[O-].[O]=[Nb](=[O])[O-].[Ta+5]. The quantitative estimate of drug-likeness (QED) is 0.203. The first kappa shape index (κ1) is 94.3. The van der Waals surface area contributed by atoms with E-state index in [-0.39, 0.29) is 86.8 Å². The summed E-state index contributed by atoms with van der Waals surface area (Å²) in [7, 11) is 0. The van der Waals surface area contributed by atoms with E-state index in [1.165, 1.54) is 0 Å². The van der Waals surface area contributed by atoms with Gasteiger partial charge in [0.1, 0.15) is 0 Å². The molecule has 0 heterocycles. The van der Waals surface area contributed by atoms with Gasteiger partial charge in [0, 0.05) is 0 Å². The Kier molecular flexibility index (Phi) is 179. The topological polar surface area (TPSA) is 629 Å². The monoisotopic (exact) mass is 2100 g/mol. The molecule has 0 amide bonds. The van der Waals surface area contributed by atoms with Crippen LogP contribution in [0.2, 0.25) is 0 Å². The molecule has 0 aromatic heterocycles. The van der Waals surface area contributed by atoms with Crippen molar-refractivity contribution in [2.45, 2.75) is 0 Å². The van der Waals surface area contributed by atoms with Crippen molar-refractivity contribution in [2.24, 2.45) is 0 Å². The van der Waals surface area contributed by atoms with Crippen LogP contribution in [0.3, 0.4) is 0 Å². The number of rotatable bonds is 0. The van der Waals surface area contributed by atoms with Gasteiger partial charge in [-0.05, 0) is 0 Å². The summed E-state index contributed by atoms with van der Waals surface area (Å²) in [6.07, 6.45) is 0. The maximum atomic E-state index is 8.60. The van der Waals surface area contributed by atoms with Gasteiger partial charge in [0.05, 0.1) is 0 Å². The summed E-state index contributed by atoms with van der Waals surface area (Å²) in [5.74, 6) is 0. The van der Waals surface area contributed by atoms with E-state index in [9.17, 15) is 0 Å². The Morgan fingerprint density at radius 2 is 0.191 bits per heavy atom. The van der Waals surface area contributed by atoms with Gasteiger partial charge in [-0.1, -0.05) is 0 Å². The van der Waals surface area contributed by atoms with Crippen LogP contribution in [0.5, 0.6) is 0 Å². The summed E-state index contributed by atoms with van der Waals surface area (Å²) < 4.78 is 284. The molecule has 0 saturated carbocycles. The molecule has 0 unspecified atom stereocenters. The number of hydrogen-bond donors (Lipinski definition) is 0. The summed E-state index contributed by atoms with van der Waals surface area (Å²) >= 11 is -46.2. The van der Waals surface area contributed by atoms with Gasteiger partial charge < -0.3 is 0 Å². The molecule has 47 heavy (non-hydrogen) atoms. The summed E-state index contributed by atoms with van der Waals surface area (Å²) in [6, 6.07) is 0. The molecule has 0 fully saturated rings. The van der Waals surface area contributed by atoms with Gasteiger partial charge >= 0.3 is 405 Å². The smallest absolute Gasteiger partial charge is 5.00 e. The van der Waals surface area contributed by atoms with Crippen LogP contribution < -0.4 is 39.8 Å². The largest absolute Gasteiger partial charge is 5.00 e. The Morgan fingerprint density at radius 1 is 0.191 bits per heavy atom. The van der Waals surface area contributed by atoms with Crippen molar-refractivity contribution in [3.8, 4) is 0 Å². The molecule has 0 aliphatic carbocycles. The average molecular weight is 2100 g/mol. The van der Waals surface area contributed by atoms with Gasteiger partial charge in [0.15, 0.2) is 0 Å². The fourth-order valence-corrected chi connectivity index (χ4v) is 0. The maximum Gasteiger partial charge on any atom is 5.00 e. The van der Waals surface area contributed by atoms with Gasteiger partial charge in [-0.25, -0.2) is 0 Å². The zero-order chi connectivity index (χ0) is 39.4. The molecule has 0 bridgehead atoms. The molecule has 0 aliphatic heterocycles. The normalized spacial score (nSPS) is 5.85. The Bertz CT molecular complexity index is 970.